The molecule has 4 nitrogen and oxygen atoms in total. The van der Waals surface area contributed by atoms with Crippen molar-refractivity contribution in [2.45, 2.75) is 0 Å². The molecule has 0 aliphatic carbocycles. The SMILES string of the molecule is O=C(Oc1ccc2cc(OC(=O)c3cc(F)ccc3F)ccc2c1)c1cc(F)ccc1F. The first-order chi connectivity index (χ1) is 15.3. The van der Waals surface area contributed by atoms with Crippen molar-refractivity contribution >= 4 is 22.7 Å². The molecule has 8 heteroatoms. The third-order valence-corrected chi connectivity index (χ3v) is 4.50. The number of esters is 2. The van der Waals surface area contributed by atoms with Gasteiger partial charge in [0.15, 0.2) is 0 Å². The van der Waals surface area contributed by atoms with Gasteiger partial charge in [0.2, 0.25) is 0 Å². The zero-order valence-corrected chi connectivity index (χ0v) is 16.1. The molecule has 0 atom stereocenters. The fourth-order valence-electron chi connectivity index (χ4n) is 2.96. The second-order valence-electron chi connectivity index (χ2n) is 6.70. The van der Waals surface area contributed by atoms with E-state index < -0.39 is 46.3 Å². The lowest BCUT2D eigenvalue weighted by Crippen LogP contribution is -2.11. The number of halogens is 4. The van der Waals surface area contributed by atoms with E-state index in [2.05, 4.69) is 0 Å². The maximum absolute atomic E-state index is 13.7. The zero-order valence-electron chi connectivity index (χ0n) is 16.1. The molecular formula is C24H12F4O4. The topological polar surface area (TPSA) is 52.6 Å². The average molecular weight is 440 g/mol. The number of benzene rings is 4. The van der Waals surface area contributed by atoms with E-state index in [-0.39, 0.29) is 11.5 Å². The highest BCUT2D eigenvalue weighted by atomic mass is 19.1. The number of carbonyl (C=O) groups excluding carboxylic acids is 2. The average Bonchev–Trinajstić information content (AvgIpc) is 2.77. The fraction of sp³-hybridized carbons (Fsp3) is 0. The predicted molar refractivity (Wildman–Crippen MR) is 107 cm³/mol. The molecule has 4 aromatic rings. The number of hydrogen-bond acceptors (Lipinski definition) is 4. The molecule has 0 radical (unpaired) electrons. The summed E-state index contributed by atoms with van der Waals surface area (Å²) in [7, 11) is 0. The van der Waals surface area contributed by atoms with Crippen LogP contribution in [-0.2, 0) is 0 Å². The summed E-state index contributed by atoms with van der Waals surface area (Å²) in [5.74, 6) is -5.37. The van der Waals surface area contributed by atoms with Gasteiger partial charge in [-0.3, -0.25) is 0 Å². The van der Waals surface area contributed by atoms with Gasteiger partial charge in [0.1, 0.15) is 34.8 Å². The first-order valence-corrected chi connectivity index (χ1v) is 9.18. The minimum absolute atomic E-state index is 0.0812. The molecular weight excluding hydrogens is 428 g/mol. The zero-order chi connectivity index (χ0) is 22.8. The van der Waals surface area contributed by atoms with Crippen LogP contribution in [0.4, 0.5) is 17.6 Å². The lowest BCUT2D eigenvalue weighted by Gasteiger charge is -2.09. The van der Waals surface area contributed by atoms with E-state index in [0.717, 1.165) is 36.4 Å². The summed E-state index contributed by atoms with van der Waals surface area (Å²) >= 11 is 0. The highest BCUT2D eigenvalue weighted by molar-refractivity contribution is 5.94. The molecule has 4 rings (SSSR count). The highest BCUT2D eigenvalue weighted by Gasteiger charge is 2.17. The van der Waals surface area contributed by atoms with Gasteiger partial charge in [0.25, 0.3) is 0 Å². The molecule has 0 aliphatic rings. The van der Waals surface area contributed by atoms with E-state index in [1.165, 1.54) is 24.3 Å². The summed E-state index contributed by atoms with van der Waals surface area (Å²) in [6.07, 6.45) is 0. The van der Waals surface area contributed by atoms with Gasteiger partial charge >= 0.3 is 11.9 Å². The van der Waals surface area contributed by atoms with Crippen LogP contribution in [0, 0.1) is 23.3 Å². The van der Waals surface area contributed by atoms with Crippen molar-refractivity contribution in [3.8, 4) is 11.5 Å². The van der Waals surface area contributed by atoms with Crippen LogP contribution in [-0.4, -0.2) is 11.9 Å². The minimum Gasteiger partial charge on any atom is -0.423 e. The van der Waals surface area contributed by atoms with Gasteiger partial charge in [0.05, 0.1) is 11.1 Å². The van der Waals surface area contributed by atoms with E-state index in [9.17, 15) is 27.2 Å². The molecule has 4 aromatic carbocycles. The van der Waals surface area contributed by atoms with Crippen molar-refractivity contribution in [2.24, 2.45) is 0 Å². The molecule has 0 amide bonds. The summed E-state index contributed by atoms with van der Waals surface area (Å²) in [6, 6.07) is 13.7. The van der Waals surface area contributed by atoms with Crippen molar-refractivity contribution in [3.05, 3.63) is 107 Å². The van der Waals surface area contributed by atoms with Crippen LogP contribution in [0.3, 0.4) is 0 Å². The fourth-order valence-corrected chi connectivity index (χ4v) is 2.96. The van der Waals surface area contributed by atoms with Gasteiger partial charge in [-0.2, -0.15) is 0 Å². The minimum atomic E-state index is -1.07. The van der Waals surface area contributed by atoms with Gasteiger partial charge in [-0.05, 0) is 71.4 Å². The number of rotatable bonds is 4. The van der Waals surface area contributed by atoms with Crippen LogP contribution in [0.5, 0.6) is 11.5 Å². The highest BCUT2D eigenvalue weighted by Crippen LogP contribution is 2.26. The molecule has 0 N–H and O–H groups in total. The normalized spacial score (nSPS) is 10.8. The maximum atomic E-state index is 13.7. The molecule has 0 saturated heterocycles. The Morgan fingerprint density at radius 3 is 1.34 bits per heavy atom. The van der Waals surface area contributed by atoms with Crippen molar-refractivity contribution in [2.75, 3.05) is 0 Å². The van der Waals surface area contributed by atoms with Gasteiger partial charge in [0, 0.05) is 0 Å². The van der Waals surface area contributed by atoms with Crippen LogP contribution in [0.2, 0.25) is 0 Å². The largest absolute Gasteiger partial charge is 0.423 e. The Kier molecular flexibility index (Phi) is 5.59. The predicted octanol–water partition coefficient (Wildman–Crippen LogP) is 5.83. The Bertz CT molecular complexity index is 1260. The quantitative estimate of drug-likeness (QED) is 0.228. The molecule has 0 fully saturated rings. The van der Waals surface area contributed by atoms with E-state index >= 15 is 0 Å². The Morgan fingerprint density at radius 2 is 0.938 bits per heavy atom. The summed E-state index contributed by atoms with van der Waals surface area (Å²) in [5.41, 5.74) is -1.09. The molecule has 32 heavy (non-hydrogen) atoms. The third kappa shape index (κ3) is 4.44. The van der Waals surface area contributed by atoms with Gasteiger partial charge in [-0.1, -0.05) is 12.1 Å². The Morgan fingerprint density at radius 1 is 0.531 bits per heavy atom. The third-order valence-electron chi connectivity index (χ3n) is 4.50. The van der Waals surface area contributed by atoms with Crippen molar-refractivity contribution < 1.29 is 36.6 Å². The maximum Gasteiger partial charge on any atom is 0.346 e. The second kappa shape index (κ2) is 8.50. The molecule has 160 valence electrons. The first-order valence-electron chi connectivity index (χ1n) is 9.18. The van der Waals surface area contributed by atoms with E-state index in [0.29, 0.717) is 10.8 Å². The van der Waals surface area contributed by atoms with E-state index in [1.807, 2.05) is 0 Å². The van der Waals surface area contributed by atoms with E-state index in [4.69, 9.17) is 9.47 Å². The molecule has 0 aliphatic heterocycles. The number of fused-ring (bicyclic) bond motifs is 1. The summed E-state index contributed by atoms with van der Waals surface area (Å²) in [5, 5.41) is 1.15. The van der Waals surface area contributed by atoms with Crippen LogP contribution in [0.15, 0.2) is 72.8 Å². The number of hydrogen-bond donors (Lipinski definition) is 0. The molecule has 0 spiro atoms. The Labute approximate surface area is 178 Å². The van der Waals surface area contributed by atoms with E-state index in [1.54, 1.807) is 12.1 Å². The lowest BCUT2D eigenvalue weighted by molar-refractivity contribution is 0.0719. The van der Waals surface area contributed by atoms with Crippen LogP contribution in [0.25, 0.3) is 10.8 Å². The Hall–Kier alpha value is -4.20. The van der Waals surface area contributed by atoms with Crippen LogP contribution < -0.4 is 9.47 Å². The van der Waals surface area contributed by atoms with Gasteiger partial charge in [-0.25, -0.2) is 27.2 Å². The second-order valence-corrected chi connectivity index (χ2v) is 6.70. The van der Waals surface area contributed by atoms with Crippen molar-refractivity contribution in [1.82, 2.24) is 0 Å². The molecule has 0 saturated carbocycles. The smallest absolute Gasteiger partial charge is 0.346 e. The van der Waals surface area contributed by atoms with Gasteiger partial charge < -0.3 is 9.47 Å². The number of ether oxygens (including phenoxy) is 2. The van der Waals surface area contributed by atoms with Crippen LogP contribution in [0.1, 0.15) is 20.7 Å². The standard InChI is InChI=1S/C24H12F4O4/c25-15-3-7-21(27)19(11-15)23(29)31-17-5-1-13-9-18(6-2-14(13)10-17)32-24(30)20-12-16(26)4-8-22(20)28/h1-12H. The molecule has 0 heterocycles. The monoisotopic (exact) mass is 440 g/mol. The summed E-state index contributed by atoms with van der Waals surface area (Å²) in [4.78, 5) is 24.3. The summed E-state index contributed by atoms with van der Waals surface area (Å²) < 4.78 is 64.3. The Balaban J connectivity index is 1.53. The molecule has 0 bridgehead atoms. The summed E-state index contributed by atoms with van der Waals surface area (Å²) in [6.45, 7) is 0. The number of carbonyl (C=O) groups is 2. The van der Waals surface area contributed by atoms with Crippen molar-refractivity contribution in [3.63, 3.8) is 0 Å². The lowest BCUT2D eigenvalue weighted by atomic mass is 10.1. The molecule has 0 aromatic heterocycles. The van der Waals surface area contributed by atoms with Gasteiger partial charge in [-0.15, -0.1) is 0 Å². The van der Waals surface area contributed by atoms with Crippen molar-refractivity contribution in [1.29, 1.82) is 0 Å². The molecule has 0 unspecified atom stereocenters. The first kappa shape index (κ1) is 21.0. The van der Waals surface area contributed by atoms with Crippen LogP contribution >= 0.6 is 0 Å².